The topological polar surface area (TPSA) is 29.5 Å². The molecule has 1 aliphatic carbocycles. The zero-order valence-corrected chi connectivity index (χ0v) is 13.1. The minimum absolute atomic E-state index is 0.0150. The first-order chi connectivity index (χ1) is 8.91. The molecule has 0 aromatic heterocycles. The van der Waals surface area contributed by atoms with Crippen molar-refractivity contribution in [3.8, 4) is 0 Å². The van der Waals surface area contributed by atoms with Gasteiger partial charge in [0.1, 0.15) is 0 Å². The molecule has 1 N–H and O–H groups in total. The molecular formula is C17H32O2. The lowest BCUT2D eigenvalue weighted by molar-refractivity contribution is -0.0672. The van der Waals surface area contributed by atoms with Gasteiger partial charge in [0.05, 0.1) is 17.8 Å². The predicted molar refractivity (Wildman–Crippen MR) is 79.2 cm³/mol. The Hall–Kier alpha value is -0.0800. The Morgan fingerprint density at radius 3 is 2.47 bits per heavy atom. The van der Waals surface area contributed by atoms with Crippen molar-refractivity contribution >= 4 is 0 Å². The van der Waals surface area contributed by atoms with Crippen molar-refractivity contribution in [1.82, 2.24) is 0 Å². The van der Waals surface area contributed by atoms with Crippen LogP contribution in [0.1, 0.15) is 85.0 Å². The van der Waals surface area contributed by atoms with E-state index in [1.807, 2.05) is 0 Å². The molecular weight excluding hydrogens is 236 g/mol. The van der Waals surface area contributed by atoms with Gasteiger partial charge in [-0.3, -0.25) is 0 Å². The van der Waals surface area contributed by atoms with E-state index in [4.69, 9.17) is 4.74 Å². The lowest BCUT2D eigenvalue weighted by Gasteiger charge is -2.33. The molecule has 2 heteroatoms. The zero-order chi connectivity index (χ0) is 13.9. The maximum absolute atomic E-state index is 10.1. The van der Waals surface area contributed by atoms with E-state index in [-0.39, 0.29) is 17.1 Å². The number of ether oxygens (including phenoxy) is 1. The monoisotopic (exact) mass is 268 g/mol. The summed E-state index contributed by atoms with van der Waals surface area (Å²) in [5, 5.41) is 10.1. The second-order valence-electron chi connectivity index (χ2n) is 7.83. The van der Waals surface area contributed by atoms with Crippen molar-refractivity contribution in [3.63, 3.8) is 0 Å². The molecule has 2 unspecified atom stereocenters. The summed E-state index contributed by atoms with van der Waals surface area (Å²) in [5.41, 5.74) is 0.271. The molecule has 1 saturated heterocycles. The van der Waals surface area contributed by atoms with Crippen molar-refractivity contribution < 1.29 is 9.84 Å². The third-order valence-electron chi connectivity index (χ3n) is 5.11. The summed E-state index contributed by atoms with van der Waals surface area (Å²) in [5.74, 6) is 0. The van der Waals surface area contributed by atoms with Crippen LogP contribution in [-0.2, 0) is 4.74 Å². The molecule has 1 heterocycles. The van der Waals surface area contributed by atoms with Gasteiger partial charge in [-0.1, -0.05) is 40.0 Å². The van der Waals surface area contributed by atoms with Gasteiger partial charge >= 0.3 is 0 Å². The van der Waals surface area contributed by atoms with Gasteiger partial charge in [-0.15, -0.1) is 0 Å². The Morgan fingerprint density at radius 1 is 1.16 bits per heavy atom. The van der Waals surface area contributed by atoms with Crippen LogP contribution in [0.5, 0.6) is 0 Å². The minimum Gasteiger partial charge on any atom is -0.393 e. The second kappa shape index (κ2) is 6.13. The Morgan fingerprint density at radius 2 is 1.84 bits per heavy atom. The fraction of sp³-hybridized carbons (Fsp3) is 1.00. The van der Waals surface area contributed by atoms with Crippen LogP contribution in [-0.4, -0.2) is 22.9 Å². The highest BCUT2D eigenvalue weighted by atomic mass is 16.5. The highest BCUT2D eigenvalue weighted by molar-refractivity contribution is 4.91. The van der Waals surface area contributed by atoms with Crippen LogP contribution in [0.4, 0.5) is 0 Å². The molecule has 1 aliphatic heterocycles. The van der Waals surface area contributed by atoms with Crippen LogP contribution in [0.15, 0.2) is 0 Å². The van der Waals surface area contributed by atoms with Gasteiger partial charge in [0.25, 0.3) is 0 Å². The molecule has 0 radical (unpaired) electrons. The summed E-state index contributed by atoms with van der Waals surface area (Å²) >= 11 is 0. The Balaban J connectivity index is 1.68. The van der Waals surface area contributed by atoms with E-state index in [0.717, 1.165) is 19.3 Å². The Labute approximate surface area is 118 Å². The summed E-state index contributed by atoms with van der Waals surface area (Å²) < 4.78 is 6.38. The van der Waals surface area contributed by atoms with E-state index < -0.39 is 0 Å². The summed E-state index contributed by atoms with van der Waals surface area (Å²) in [4.78, 5) is 0. The number of hydrogen-bond acceptors (Lipinski definition) is 2. The van der Waals surface area contributed by atoms with Crippen LogP contribution in [0.25, 0.3) is 0 Å². The average molecular weight is 268 g/mol. The molecule has 19 heavy (non-hydrogen) atoms. The van der Waals surface area contributed by atoms with Crippen LogP contribution in [0, 0.1) is 5.41 Å². The third kappa shape index (κ3) is 4.19. The van der Waals surface area contributed by atoms with E-state index in [1.54, 1.807) is 0 Å². The van der Waals surface area contributed by atoms with Crippen LogP contribution < -0.4 is 0 Å². The summed E-state index contributed by atoms with van der Waals surface area (Å²) in [6.07, 6.45) is 12.6. The molecule has 2 nitrogen and oxygen atoms in total. The van der Waals surface area contributed by atoms with Gasteiger partial charge in [0.2, 0.25) is 0 Å². The smallest absolute Gasteiger partial charge is 0.0687 e. The average Bonchev–Trinajstić information content (AvgIpc) is 2.72. The first kappa shape index (κ1) is 15.3. The molecule has 2 rings (SSSR count). The molecule has 1 spiro atoms. The fourth-order valence-electron chi connectivity index (χ4n) is 3.63. The number of hydrogen-bond donors (Lipinski definition) is 1. The predicted octanol–water partition coefficient (Wildman–Crippen LogP) is 4.45. The molecule has 2 atom stereocenters. The van der Waals surface area contributed by atoms with Gasteiger partial charge in [-0.05, 0) is 50.4 Å². The van der Waals surface area contributed by atoms with Crippen LogP contribution >= 0.6 is 0 Å². The standard InChI is InChI=1S/C17H32O2/c1-16(2,3)15(18)9-7-8-14-10-13-17(19-14)11-5-4-6-12-17/h14-15,18H,4-13H2,1-3H3. The van der Waals surface area contributed by atoms with Crippen LogP contribution in [0.3, 0.4) is 0 Å². The maximum atomic E-state index is 10.1. The van der Waals surface area contributed by atoms with Crippen molar-refractivity contribution in [2.24, 2.45) is 5.41 Å². The molecule has 0 amide bonds. The van der Waals surface area contributed by atoms with Crippen LogP contribution in [0.2, 0.25) is 0 Å². The lowest BCUT2D eigenvalue weighted by Crippen LogP contribution is -2.31. The van der Waals surface area contributed by atoms with Crippen molar-refractivity contribution in [3.05, 3.63) is 0 Å². The summed E-state index contributed by atoms with van der Waals surface area (Å²) in [6, 6.07) is 0. The second-order valence-corrected chi connectivity index (χ2v) is 7.83. The molecule has 0 aromatic carbocycles. The SMILES string of the molecule is CC(C)(C)C(O)CCCC1CCC2(CCCCC2)O1. The quantitative estimate of drug-likeness (QED) is 0.816. The highest BCUT2D eigenvalue weighted by Crippen LogP contribution is 2.43. The third-order valence-corrected chi connectivity index (χ3v) is 5.11. The maximum Gasteiger partial charge on any atom is 0.0687 e. The van der Waals surface area contributed by atoms with Crippen molar-refractivity contribution in [1.29, 1.82) is 0 Å². The van der Waals surface area contributed by atoms with E-state index in [9.17, 15) is 5.11 Å². The van der Waals surface area contributed by atoms with Gasteiger partial charge < -0.3 is 9.84 Å². The van der Waals surface area contributed by atoms with E-state index >= 15 is 0 Å². The molecule has 1 saturated carbocycles. The molecule has 0 aromatic rings. The van der Waals surface area contributed by atoms with Gasteiger partial charge in [0, 0.05) is 0 Å². The zero-order valence-electron chi connectivity index (χ0n) is 13.1. The number of aliphatic hydroxyl groups excluding tert-OH is 1. The number of rotatable bonds is 4. The lowest BCUT2D eigenvalue weighted by atomic mass is 9.83. The fourth-order valence-corrected chi connectivity index (χ4v) is 3.63. The van der Waals surface area contributed by atoms with E-state index in [0.29, 0.717) is 6.10 Å². The normalized spacial score (nSPS) is 28.7. The van der Waals surface area contributed by atoms with Crippen molar-refractivity contribution in [2.45, 2.75) is 103 Å². The first-order valence-electron chi connectivity index (χ1n) is 8.27. The summed E-state index contributed by atoms with van der Waals surface area (Å²) in [7, 11) is 0. The molecule has 2 aliphatic rings. The summed E-state index contributed by atoms with van der Waals surface area (Å²) in [6.45, 7) is 6.34. The van der Waals surface area contributed by atoms with E-state index in [2.05, 4.69) is 20.8 Å². The molecule has 2 fully saturated rings. The minimum atomic E-state index is -0.183. The largest absolute Gasteiger partial charge is 0.393 e. The Bertz CT molecular complexity index is 273. The van der Waals surface area contributed by atoms with Gasteiger partial charge in [-0.25, -0.2) is 0 Å². The van der Waals surface area contributed by atoms with Gasteiger partial charge in [0.15, 0.2) is 0 Å². The molecule has 0 bridgehead atoms. The van der Waals surface area contributed by atoms with E-state index in [1.165, 1.54) is 44.9 Å². The van der Waals surface area contributed by atoms with Crippen molar-refractivity contribution in [2.75, 3.05) is 0 Å². The Kier molecular flexibility index (Phi) is 4.94. The first-order valence-corrected chi connectivity index (χ1v) is 8.27. The number of aliphatic hydroxyl groups is 1. The van der Waals surface area contributed by atoms with Gasteiger partial charge in [-0.2, -0.15) is 0 Å². The molecule has 112 valence electrons. The highest BCUT2D eigenvalue weighted by Gasteiger charge is 2.40.